The van der Waals surface area contributed by atoms with Crippen LogP contribution in [0.25, 0.3) is 29.4 Å². The van der Waals surface area contributed by atoms with E-state index in [2.05, 4.69) is 55.6 Å². The van der Waals surface area contributed by atoms with E-state index in [1.807, 2.05) is 22.7 Å². The average molecular weight is 889 g/mol. The minimum atomic E-state index is -2.26. The van der Waals surface area contributed by atoms with Crippen LogP contribution < -0.4 is 15.3 Å². The molecule has 244 valence electrons. The number of thiazole rings is 2. The van der Waals surface area contributed by atoms with Crippen LogP contribution in [0.2, 0.25) is 29.6 Å². The standard InChI is InChI=1S/C28H36N2O2S4.6CH3.2Sn/c1-3-5-7-9-11-13-17-31-21-15-19-33-23(21)25-29-27-28(35-25)30-26(36-27)24-22(16-20-34-24)32-18-14-12-10-8-6-4-2;;;;;;;;/h15-16H,3-14,17-18H2,1-2H3;6*1H3;;. The van der Waals surface area contributed by atoms with E-state index in [1.165, 1.54) is 74.0 Å². The summed E-state index contributed by atoms with van der Waals surface area (Å²) >= 11 is 2.77. The maximum absolute atomic E-state index is 6.45. The van der Waals surface area contributed by atoms with E-state index in [1.54, 1.807) is 28.5 Å². The predicted molar refractivity (Wildman–Crippen MR) is 206 cm³/mol. The summed E-state index contributed by atoms with van der Waals surface area (Å²) in [7, 11) is 0. The van der Waals surface area contributed by atoms with Crippen molar-refractivity contribution in [3.05, 3.63) is 12.1 Å². The summed E-state index contributed by atoms with van der Waals surface area (Å²) in [5, 5.41) is 2.12. The molecule has 0 saturated heterocycles. The third-order valence-corrected chi connectivity index (χ3v) is 31.2. The van der Waals surface area contributed by atoms with Gasteiger partial charge in [-0.25, -0.2) is 0 Å². The van der Waals surface area contributed by atoms with Crippen molar-refractivity contribution in [3.8, 4) is 31.3 Å². The molecule has 0 unspecified atom stereocenters. The van der Waals surface area contributed by atoms with Crippen LogP contribution in [-0.4, -0.2) is 59.9 Å². The number of unbranched alkanes of at least 4 members (excludes halogenated alkanes) is 10. The first kappa shape index (κ1) is 36.9. The molecule has 0 bridgehead atoms. The topological polar surface area (TPSA) is 44.2 Å². The normalized spacial score (nSPS) is 12.5. The van der Waals surface area contributed by atoms with E-state index in [-0.39, 0.29) is 0 Å². The van der Waals surface area contributed by atoms with Gasteiger partial charge in [-0.3, -0.25) is 0 Å². The monoisotopic (exact) mass is 890 g/mol. The summed E-state index contributed by atoms with van der Waals surface area (Å²) in [6.45, 7) is 6.13. The van der Waals surface area contributed by atoms with Crippen LogP contribution in [0.5, 0.6) is 11.5 Å². The molecule has 4 nitrogen and oxygen atoms in total. The van der Waals surface area contributed by atoms with Crippen LogP contribution in [0.3, 0.4) is 0 Å². The molecule has 0 saturated carbocycles. The Morgan fingerprint density at radius 3 is 1.25 bits per heavy atom. The van der Waals surface area contributed by atoms with Crippen LogP contribution in [0.15, 0.2) is 12.1 Å². The maximum atomic E-state index is 6.45. The summed E-state index contributed by atoms with van der Waals surface area (Å²) in [5.74, 6) is 2.08. The van der Waals surface area contributed by atoms with Gasteiger partial charge in [0.25, 0.3) is 0 Å². The molecular weight excluding hydrogens is 834 g/mol. The average Bonchev–Trinajstić information content (AvgIpc) is 3.73. The number of rotatable bonds is 20. The number of hydrogen-bond acceptors (Lipinski definition) is 8. The molecule has 4 rings (SSSR count). The van der Waals surface area contributed by atoms with Gasteiger partial charge in [-0.2, -0.15) is 0 Å². The van der Waals surface area contributed by atoms with Crippen molar-refractivity contribution in [2.24, 2.45) is 0 Å². The molecule has 0 amide bonds. The van der Waals surface area contributed by atoms with Crippen molar-refractivity contribution < 1.29 is 9.47 Å². The van der Waals surface area contributed by atoms with Gasteiger partial charge in [-0.05, 0) is 0 Å². The Kier molecular flexibility index (Phi) is 14.7. The van der Waals surface area contributed by atoms with Crippen LogP contribution >= 0.6 is 45.3 Å². The van der Waals surface area contributed by atoms with Crippen LogP contribution in [0, 0.1) is 0 Å². The van der Waals surface area contributed by atoms with Crippen molar-refractivity contribution in [1.82, 2.24) is 9.97 Å². The third-order valence-electron chi connectivity index (χ3n) is 7.75. The number of thiophene rings is 2. The Balaban J connectivity index is 1.51. The quantitative estimate of drug-likeness (QED) is 0.0655. The fourth-order valence-corrected chi connectivity index (χ4v) is 19.7. The molecule has 0 spiro atoms. The molecule has 4 aromatic heterocycles. The number of aromatic nitrogens is 2. The second-order valence-corrected chi connectivity index (χ2v) is 48.9. The Labute approximate surface area is 291 Å². The van der Waals surface area contributed by atoms with E-state index in [0.717, 1.165) is 57.2 Å². The predicted octanol–water partition coefficient (Wildman–Crippen LogP) is 11.8. The van der Waals surface area contributed by atoms with Crippen molar-refractivity contribution in [2.75, 3.05) is 13.2 Å². The fourth-order valence-electron chi connectivity index (χ4n) is 4.97. The first-order valence-electron chi connectivity index (χ1n) is 16.8. The fraction of sp³-hybridized carbons (Fsp3) is 0.647. The molecule has 4 aromatic rings. The van der Waals surface area contributed by atoms with Crippen molar-refractivity contribution in [1.29, 1.82) is 0 Å². The molecule has 0 atom stereocenters. The molecule has 0 N–H and O–H groups in total. The van der Waals surface area contributed by atoms with Gasteiger partial charge >= 0.3 is 294 Å². The molecular formula is C34H54N2O2S4Sn2. The van der Waals surface area contributed by atoms with Crippen LogP contribution in [-0.2, 0) is 0 Å². The molecule has 0 aliphatic carbocycles. The summed E-state index contributed by atoms with van der Waals surface area (Å²) in [6.07, 6.45) is 15.3. The van der Waals surface area contributed by atoms with E-state index < -0.39 is 36.8 Å². The number of ether oxygens (including phenoxy) is 2. The van der Waals surface area contributed by atoms with Crippen molar-refractivity contribution in [2.45, 2.75) is 121 Å². The van der Waals surface area contributed by atoms with E-state index in [4.69, 9.17) is 19.4 Å². The third kappa shape index (κ3) is 10.6. The number of nitrogens with zero attached hydrogens (tertiary/aromatic N) is 2. The molecule has 0 aromatic carbocycles. The number of fused-ring (bicyclic) bond motifs is 1. The van der Waals surface area contributed by atoms with Crippen molar-refractivity contribution in [3.63, 3.8) is 0 Å². The first-order valence-corrected chi connectivity index (χ1v) is 40.1. The Hall–Kier alpha value is 0.117. The van der Waals surface area contributed by atoms with Crippen molar-refractivity contribution >= 4 is 97.5 Å². The van der Waals surface area contributed by atoms with Gasteiger partial charge in [0.05, 0.1) is 0 Å². The Morgan fingerprint density at radius 2 is 0.886 bits per heavy atom. The zero-order chi connectivity index (χ0) is 31.7. The van der Waals surface area contributed by atoms with Gasteiger partial charge in [0.1, 0.15) is 0 Å². The zero-order valence-corrected chi connectivity index (χ0v) is 37.4. The van der Waals surface area contributed by atoms with Gasteiger partial charge in [-0.1, -0.05) is 0 Å². The summed E-state index contributed by atoms with van der Waals surface area (Å²) in [5.41, 5.74) is 0. The SMILES string of the molecule is CCCCCCCCOc1c[c]([Sn]([CH3])([CH3])[CH3])sc1-c1nc2sc(-c3s[c]([Sn]([CH3])([CH3])[CH3])cc3OCCCCCCCC)nc2s1. The van der Waals surface area contributed by atoms with Crippen LogP contribution in [0.4, 0.5) is 0 Å². The molecule has 0 aliphatic heterocycles. The second-order valence-electron chi connectivity index (χ2n) is 14.0. The Bertz CT molecular complexity index is 1310. The molecule has 4 heterocycles. The van der Waals surface area contributed by atoms with Gasteiger partial charge < -0.3 is 0 Å². The van der Waals surface area contributed by atoms with E-state index >= 15 is 0 Å². The van der Waals surface area contributed by atoms with Gasteiger partial charge in [0, 0.05) is 0 Å². The van der Waals surface area contributed by atoms with Gasteiger partial charge in [-0.15, -0.1) is 0 Å². The molecule has 10 heteroatoms. The van der Waals surface area contributed by atoms with E-state index in [9.17, 15) is 0 Å². The minimum absolute atomic E-state index is 0.790. The zero-order valence-electron chi connectivity index (χ0n) is 28.4. The van der Waals surface area contributed by atoms with E-state index in [0.29, 0.717) is 0 Å². The number of hydrogen-bond donors (Lipinski definition) is 0. The molecule has 0 aliphatic rings. The summed E-state index contributed by atoms with van der Waals surface area (Å²) < 4.78 is 16.0. The molecule has 0 radical (unpaired) electrons. The summed E-state index contributed by atoms with van der Waals surface area (Å²) in [4.78, 5) is 29.7. The van der Waals surface area contributed by atoms with Crippen LogP contribution in [0.1, 0.15) is 90.9 Å². The van der Waals surface area contributed by atoms with Gasteiger partial charge in [0.15, 0.2) is 0 Å². The Morgan fingerprint density at radius 1 is 0.523 bits per heavy atom. The molecule has 44 heavy (non-hydrogen) atoms. The molecule has 0 fully saturated rings. The van der Waals surface area contributed by atoms with Gasteiger partial charge in [0.2, 0.25) is 0 Å². The first-order chi connectivity index (χ1) is 21.0. The summed E-state index contributed by atoms with van der Waals surface area (Å²) in [6, 6.07) is 4.70. The second kappa shape index (κ2) is 17.5.